The number of carbonyl (C=O) groups excluding carboxylic acids is 1. The van der Waals surface area contributed by atoms with E-state index in [9.17, 15) is 4.79 Å². The number of rotatable bonds is 7. The second-order valence-electron chi connectivity index (χ2n) is 7.40. The van der Waals surface area contributed by atoms with E-state index in [1.165, 1.54) is 11.3 Å². The Balaban J connectivity index is 1.59. The zero-order valence-electron chi connectivity index (χ0n) is 17.0. The summed E-state index contributed by atoms with van der Waals surface area (Å²) in [5, 5.41) is 0. The number of piperazine rings is 1. The predicted molar refractivity (Wildman–Crippen MR) is 110 cm³/mol. The molecule has 1 fully saturated rings. The van der Waals surface area contributed by atoms with E-state index < -0.39 is 0 Å². The number of Topliss-reactive ketones (excluding diaryl/α,β-unsaturated/α-hetero) is 1. The molecule has 0 radical (unpaired) electrons. The van der Waals surface area contributed by atoms with Crippen LogP contribution < -0.4 is 4.90 Å². The molecule has 146 valence electrons. The number of ether oxygens (including phenoxy) is 1. The highest BCUT2D eigenvalue weighted by atomic mass is 16.5. The summed E-state index contributed by atoms with van der Waals surface area (Å²) in [7, 11) is 1.71. The van der Waals surface area contributed by atoms with Crippen LogP contribution in [0.25, 0.3) is 0 Å². The van der Waals surface area contributed by atoms with Crippen LogP contribution in [-0.4, -0.2) is 61.7 Å². The molecular weight excluding hydrogens is 338 g/mol. The van der Waals surface area contributed by atoms with E-state index in [1.54, 1.807) is 7.11 Å². The minimum absolute atomic E-state index is 0.219. The molecule has 0 aliphatic carbocycles. The molecule has 0 amide bonds. The minimum atomic E-state index is 0.219. The maximum absolute atomic E-state index is 12.9. The molecule has 5 nitrogen and oxygen atoms in total. The zero-order valence-corrected chi connectivity index (χ0v) is 17.0. The van der Waals surface area contributed by atoms with Crippen LogP contribution in [0.4, 0.5) is 5.69 Å². The molecule has 0 saturated carbocycles. The van der Waals surface area contributed by atoms with Crippen LogP contribution in [0.5, 0.6) is 0 Å². The summed E-state index contributed by atoms with van der Waals surface area (Å²) in [5.74, 6) is 0.219. The van der Waals surface area contributed by atoms with Gasteiger partial charge in [-0.2, -0.15) is 0 Å². The van der Waals surface area contributed by atoms with Crippen molar-refractivity contribution in [3.63, 3.8) is 0 Å². The molecule has 1 aromatic heterocycles. The van der Waals surface area contributed by atoms with Gasteiger partial charge in [-0.1, -0.05) is 18.2 Å². The monoisotopic (exact) mass is 369 g/mol. The highest BCUT2D eigenvalue weighted by Crippen LogP contribution is 2.21. The van der Waals surface area contributed by atoms with Gasteiger partial charge in [0.25, 0.3) is 0 Å². The molecule has 1 aliphatic heterocycles. The lowest BCUT2D eigenvalue weighted by atomic mass is 10.1. The van der Waals surface area contributed by atoms with Gasteiger partial charge in [0, 0.05) is 62.5 Å². The number of hydrogen-bond acceptors (Lipinski definition) is 4. The van der Waals surface area contributed by atoms with Crippen molar-refractivity contribution in [1.82, 2.24) is 9.47 Å². The second kappa shape index (κ2) is 8.72. The van der Waals surface area contributed by atoms with Gasteiger partial charge in [-0.3, -0.25) is 9.69 Å². The predicted octanol–water partition coefficient (Wildman–Crippen LogP) is 3.06. The summed E-state index contributed by atoms with van der Waals surface area (Å²) < 4.78 is 7.36. The van der Waals surface area contributed by atoms with Crippen LogP contribution in [0.3, 0.4) is 0 Å². The first-order chi connectivity index (χ1) is 13.0. The SMILES string of the molecule is COCCn1c(C)cc(C(=O)CN2CCN(c3ccccc3C)CC2)c1C. The van der Waals surface area contributed by atoms with Gasteiger partial charge in [0.15, 0.2) is 5.78 Å². The summed E-state index contributed by atoms with van der Waals surface area (Å²) in [4.78, 5) is 17.6. The first-order valence-corrected chi connectivity index (χ1v) is 9.73. The number of anilines is 1. The third-order valence-electron chi connectivity index (χ3n) is 5.59. The van der Waals surface area contributed by atoms with Gasteiger partial charge in [-0.25, -0.2) is 0 Å². The van der Waals surface area contributed by atoms with Gasteiger partial charge in [0.05, 0.1) is 13.2 Å². The lowest BCUT2D eigenvalue weighted by Crippen LogP contribution is -2.48. The van der Waals surface area contributed by atoms with E-state index >= 15 is 0 Å². The molecule has 1 saturated heterocycles. The molecule has 0 N–H and O–H groups in total. The van der Waals surface area contributed by atoms with Crippen LogP contribution >= 0.6 is 0 Å². The number of carbonyl (C=O) groups is 1. The van der Waals surface area contributed by atoms with Gasteiger partial charge >= 0.3 is 0 Å². The average Bonchev–Trinajstić information content (AvgIpc) is 2.95. The third-order valence-corrected chi connectivity index (χ3v) is 5.59. The first-order valence-electron chi connectivity index (χ1n) is 9.73. The number of ketones is 1. The fourth-order valence-electron chi connectivity index (χ4n) is 3.96. The molecule has 3 rings (SSSR count). The van der Waals surface area contributed by atoms with E-state index in [2.05, 4.69) is 52.5 Å². The topological polar surface area (TPSA) is 37.7 Å². The second-order valence-corrected chi connectivity index (χ2v) is 7.40. The zero-order chi connectivity index (χ0) is 19.4. The fourth-order valence-corrected chi connectivity index (χ4v) is 3.96. The van der Waals surface area contributed by atoms with Crippen LogP contribution in [0.1, 0.15) is 27.3 Å². The van der Waals surface area contributed by atoms with Gasteiger partial charge in [-0.15, -0.1) is 0 Å². The van der Waals surface area contributed by atoms with Crippen LogP contribution in [0.2, 0.25) is 0 Å². The summed E-state index contributed by atoms with van der Waals surface area (Å²) >= 11 is 0. The molecular formula is C22H31N3O2. The number of para-hydroxylation sites is 1. The number of hydrogen-bond donors (Lipinski definition) is 0. The number of methoxy groups -OCH3 is 1. The molecule has 5 heteroatoms. The molecule has 0 atom stereocenters. The van der Waals surface area contributed by atoms with Crippen molar-refractivity contribution in [2.45, 2.75) is 27.3 Å². The number of aryl methyl sites for hydroxylation is 2. The summed E-state index contributed by atoms with van der Waals surface area (Å²) in [6.45, 7) is 12.0. The lowest BCUT2D eigenvalue weighted by Gasteiger charge is -2.36. The maximum Gasteiger partial charge on any atom is 0.178 e. The number of nitrogens with zero attached hydrogens (tertiary/aromatic N) is 3. The van der Waals surface area contributed by atoms with E-state index in [0.717, 1.165) is 49.7 Å². The van der Waals surface area contributed by atoms with Gasteiger partial charge < -0.3 is 14.2 Å². The molecule has 2 heterocycles. The van der Waals surface area contributed by atoms with Crippen molar-refractivity contribution in [1.29, 1.82) is 0 Å². The van der Waals surface area contributed by atoms with Crippen molar-refractivity contribution in [2.75, 3.05) is 51.3 Å². The fraction of sp³-hybridized carbons (Fsp3) is 0.500. The van der Waals surface area contributed by atoms with E-state index in [1.807, 2.05) is 13.0 Å². The van der Waals surface area contributed by atoms with Crippen molar-refractivity contribution in [3.05, 3.63) is 52.8 Å². The Morgan fingerprint density at radius 2 is 1.78 bits per heavy atom. The van der Waals surface area contributed by atoms with Crippen molar-refractivity contribution >= 4 is 11.5 Å². The Hall–Kier alpha value is -2.11. The molecule has 1 aromatic carbocycles. The molecule has 1 aliphatic rings. The van der Waals surface area contributed by atoms with E-state index in [4.69, 9.17) is 4.74 Å². The molecule has 27 heavy (non-hydrogen) atoms. The van der Waals surface area contributed by atoms with E-state index in [-0.39, 0.29) is 5.78 Å². The molecule has 0 unspecified atom stereocenters. The summed E-state index contributed by atoms with van der Waals surface area (Å²) in [6.07, 6.45) is 0. The van der Waals surface area contributed by atoms with Crippen LogP contribution in [0.15, 0.2) is 30.3 Å². The summed E-state index contributed by atoms with van der Waals surface area (Å²) in [5.41, 5.74) is 5.64. The summed E-state index contributed by atoms with van der Waals surface area (Å²) in [6, 6.07) is 10.5. The third kappa shape index (κ3) is 4.42. The van der Waals surface area contributed by atoms with E-state index in [0.29, 0.717) is 13.2 Å². The molecule has 2 aromatic rings. The Morgan fingerprint density at radius 3 is 2.44 bits per heavy atom. The van der Waals surface area contributed by atoms with Crippen molar-refractivity contribution < 1.29 is 9.53 Å². The highest BCUT2D eigenvalue weighted by Gasteiger charge is 2.22. The average molecular weight is 370 g/mol. The number of benzene rings is 1. The molecule has 0 spiro atoms. The lowest BCUT2D eigenvalue weighted by molar-refractivity contribution is 0.0925. The normalized spacial score (nSPS) is 15.3. The van der Waals surface area contributed by atoms with Gasteiger partial charge in [-0.05, 0) is 38.5 Å². The largest absolute Gasteiger partial charge is 0.383 e. The molecule has 0 bridgehead atoms. The van der Waals surface area contributed by atoms with Crippen LogP contribution in [0, 0.1) is 20.8 Å². The first kappa shape index (κ1) is 19.6. The Kier molecular flexibility index (Phi) is 6.34. The smallest absolute Gasteiger partial charge is 0.178 e. The maximum atomic E-state index is 12.9. The Morgan fingerprint density at radius 1 is 1.07 bits per heavy atom. The Bertz CT molecular complexity index is 789. The van der Waals surface area contributed by atoms with Crippen molar-refractivity contribution in [3.8, 4) is 0 Å². The van der Waals surface area contributed by atoms with Crippen LogP contribution in [-0.2, 0) is 11.3 Å². The number of aromatic nitrogens is 1. The standard InChI is InChI=1S/C22H31N3O2/c1-17-7-5-6-8-21(17)24-11-9-23(10-12-24)16-22(26)20-15-18(2)25(19(20)3)13-14-27-4/h5-8,15H,9-14,16H2,1-4H3. The van der Waals surface area contributed by atoms with Gasteiger partial charge in [0.1, 0.15) is 0 Å². The van der Waals surface area contributed by atoms with Crippen molar-refractivity contribution in [2.24, 2.45) is 0 Å². The minimum Gasteiger partial charge on any atom is -0.383 e. The highest BCUT2D eigenvalue weighted by molar-refractivity contribution is 5.99. The quantitative estimate of drug-likeness (QED) is 0.703. The Labute approximate surface area is 162 Å². The van der Waals surface area contributed by atoms with Gasteiger partial charge in [0.2, 0.25) is 0 Å².